The summed E-state index contributed by atoms with van der Waals surface area (Å²) in [5.41, 5.74) is 0.559. The predicted molar refractivity (Wildman–Crippen MR) is 67.6 cm³/mol. The Morgan fingerprint density at radius 1 is 1.47 bits per heavy atom. The molecule has 1 saturated carbocycles. The third-order valence-corrected chi connectivity index (χ3v) is 3.39. The van der Waals surface area contributed by atoms with Crippen LogP contribution in [0.5, 0.6) is 0 Å². The highest BCUT2D eigenvalue weighted by atomic mass is 35.5. The fraction of sp³-hybridized carbons (Fsp3) is 0.417. The number of hydrogen-bond donors (Lipinski definition) is 2. The molecule has 1 aliphatic carbocycles. The Kier molecular flexibility index (Phi) is 3.92. The van der Waals surface area contributed by atoms with Gasteiger partial charge in [-0.2, -0.15) is 0 Å². The van der Waals surface area contributed by atoms with Gasteiger partial charge in [0.1, 0.15) is 6.04 Å². The van der Waals surface area contributed by atoms with E-state index in [2.05, 4.69) is 5.32 Å². The van der Waals surface area contributed by atoms with Crippen LogP contribution in [0.15, 0.2) is 18.2 Å². The lowest BCUT2D eigenvalue weighted by Gasteiger charge is -2.16. The minimum Gasteiger partial charge on any atom is -0.480 e. The molecule has 0 heterocycles. The Morgan fingerprint density at radius 3 is 2.71 bits per heavy atom. The van der Waals surface area contributed by atoms with Crippen molar-refractivity contribution < 1.29 is 9.90 Å². The fourth-order valence-corrected chi connectivity index (χ4v) is 2.19. The molecule has 1 aromatic carbocycles. The highest BCUT2D eigenvalue weighted by molar-refractivity contribution is 6.35. The summed E-state index contributed by atoms with van der Waals surface area (Å²) in [6.45, 7) is 0.718. The van der Waals surface area contributed by atoms with Crippen LogP contribution in [-0.2, 0) is 4.79 Å². The number of halogens is 2. The minimum absolute atomic E-state index is 0.383. The molecule has 0 amide bonds. The monoisotopic (exact) mass is 273 g/mol. The smallest absolute Gasteiger partial charge is 0.325 e. The summed E-state index contributed by atoms with van der Waals surface area (Å²) in [5.74, 6) is -0.308. The summed E-state index contributed by atoms with van der Waals surface area (Å²) >= 11 is 11.8. The second-order valence-corrected chi connectivity index (χ2v) is 5.13. The maximum Gasteiger partial charge on any atom is 0.325 e. The maximum absolute atomic E-state index is 11.2. The second-order valence-electron chi connectivity index (χ2n) is 4.29. The topological polar surface area (TPSA) is 49.3 Å². The molecule has 5 heteroatoms. The molecular weight excluding hydrogens is 261 g/mol. The van der Waals surface area contributed by atoms with Crippen LogP contribution in [0.4, 0.5) is 0 Å². The lowest BCUT2D eigenvalue weighted by atomic mass is 10.1. The maximum atomic E-state index is 11.2. The van der Waals surface area contributed by atoms with Crippen molar-refractivity contribution in [2.24, 2.45) is 5.92 Å². The first-order valence-electron chi connectivity index (χ1n) is 5.49. The molecule has 92 valence electrons. The Hall–Kier alpha value is -0.770. The quantitative estimate of drug-likeness (QED) is 0.867. The van der Waals surface area contributed by atoms with Crippen LogP contribution in [0.2, 0.25) is 10.0 Å². The van der Waals surface area contributed by atoms with Crippen LogP contribution in [0, 0.1) is 5.92 Å². The van der Waals surface area contributed by atoms with Gasteiger partial charge in [-0.3, -0.25) is 4.79 Å². The van der Waals surface area contributed by atoms with Crippen LogP contribution in [0.1, 0.15) is 24.4 Å². The predicted octanol–water partition coefficient (Wildman–Crippen LogP) is 3.12. The summed E-state index contributed by atoms with van der Waals surface area (Å²) in [6, 6.07) is 4.11. The molecule has 0 spiro atoms. The van der Waals surface area contributed by atoms with E-state index in [0.29, 0.717) is 21.5 Å². The molecule has 3 nitrogen and oxygen atoms in total. The third kappa shape index (κ3) is 3.35. The summed E-state index contributed by atoms with van der Waals surface area (Å²) < 4.78 is 0. The van der Waals surface area contributed by atoms with Gasteiger partial charge in [-0.05, 0) is 43.0 Å². The molecule has 1 fully saturated rings. The molecule has 1 aromatic rings. The molecular formula is C12H13Cl2NO2. The molecule has 17 heavy (non-hydrogen) atoms. The van der Waals surface area contributed by atoms with Gasteiger partial charge in [0.05, 0.1) is 0 Å². The first-order chi connectivity index (χ1) is 8.08. The Balaban J connectivity index is 2.15. The molecule has 2 rings (SSSR count). The van der Waals surface area contributed by atoms with Gasteiger partial charge in [0, 0.05) is 10.0 Å². The highest BCUT2D eigenvalue weighted by Crippen LogP contribution is 2.30. The lowest BCUT2D eigenvalue weighted by Crippen LogP contribution is -2.30. The van der Waals surface area contributed by atoms with Crippen molar-refractivity contribution >= 4 is 29.2 Å². The van der Waals surface area contributed by atoms with Gasteiger partial charge in [-0.15, -0.1) is 0 Å². The SMILES string of the molecule is O=C(O)C(NCC1CC1)c1ccc(Cl)cc1Cl. The standard InChI is InChI=1S/C12H13Cl2NO2/c13-8-3-4-9(10(14)5-8)11(12(16)17)15-6-7-1-2-7/h3-5,7,11,15H,1-2,6H2,(H,16,17). The van der Waals surface area contributed by atoms with E-state index in [1.54, 1.807) is 18.2 Å². The number of carboxylic acid groups (broad SMARTS) is 1. The van der Waals surface area contributed by atoms with E-state index in [1.807, 2.05) is 0 Å². The molecule has 1 unspecified atom stereocenters. The van der Waals surface area contributed by atoms with Crippen molar-refractivity contribution in [3.05, 3.63) is 33.8 Å². The van der Waals surface area contributed by atoms with E-state index in [1.165, 1.54) is 12.8 Å². The number of aliphatic carboxylic acids is 1. The molecule has 0 radical (unpaired) electrons. The molecule has 0 aromatic heterocycles. The van der Waals surface area contributed by atoms with Crippen molar-refractivity contribution in [2.45, 2.75) is 18.9 Å². The first kappa shape index (κ1) is 12.7. The van der Waals surface area contributed by atoms with Crippen molar-refractivity contribution in [3.8, 4) is 0 Å². The van der Waals surface area contributed by atoms with Crippen LogP contribution in [0.3, 0.4) is 0 Å². The number of rotatable bonds is 5. The summed E-state index contributed by atoms with van der Waals surface area (Å²) in [4.78, 5) is 11.2. The van der Waals surface area contributed by atoms with Crippen molar-refractivity contribution in [2.75, 3.05) is 6.54 Å². The van der Waals surface area contributed by atoms with E-state index in [9.17, 15) is 9.90 Å². The molecule has 2 N–H and O–H groups in total. The summed E-state index contributed by atoms with van der Waals surface area (Å²) in [6.07, 6.45) is 2.35. The largest absolute Gasteiger partial charge is 0.480 e. The van der Waals surface area contributed by atoms with E-state index in [0.717, 1.165) is 6.54 Å². The van der Waals surface area contributed by atoms with Crippen molar-refractivity contribution in [1.29, 1.82) is 0 Å². The van der Waals surface area contributed by atoms with Crippen LogP contribution >= 0.6 is 23.2 Å². The van der Waals surface area contributed by atoms with E-state index < -0.39 is 12.0 Å². The highest BCUT2D eigenvalue weighted by Gasteiger charge is 2.26. The lowest BCUT2D eigenvalue weighted by molar-refractivity contribution is -0.139. The normalized spacial score (nSPS) is 16.8. The number of carboxylic acids is 1. The Labute approximate surface area is 110 Å². The Morgan fingerprint density at radius 2 is 2.18 bits per heavy atom. The van der Waals surface area contributed by atoms with Crippen LogP contribution < -0.4 is 5.32 Å². The number of hydrogen-bond acceptors (Lipinski definition) is 2. The summed E-state index contributed by atoms with van der Waals surface area (Å²) in [5, 5.41) is 13.1. The van der Waals surface area contributed by atoms with Gasteiger partial charge in [0.2, 0.25) is 0 Å². The first-order valence-corrected chi connectivity index (χ1v) is 6.24. The zero-order chi connectivity index (χ0) is 12.4. The zero-order valence-electron chi connectivity index (χ0n) is 9.12. The summed E-state index contributed by atoms with van der Waals surface area (Å²) in [7, 11) is 0. The van der Waals surface area contributed by atoms with E-state index in [4.69, 9.17) is 23.2 Å². The van der Waals surface area contributed by atoms with Gasteiger partial charge >= 0.3 is 5.97 Å². The molecule has 1 aliphatic rings. The average molecular weight is 274 g/mol. The number of nitrogens with one attached hydrogen (secondary N) is 1. The van der Waals surface area contributed by atoms with Gasteiger partial charge in [-0.1, -0.05) is 29.3 Å². The van der Waals surface area contributed by atoms with Crippen molar-refractivity contribution in [1.82, 2.24) is 5.32 Å². The van der Waals surface area contributed by atoms with Crippen LogP contribution in [-0.4, -0.2) is 17.6 Å². The zero-order valence-corrected chi connectivity index (χ0v) is 10.6. The molecule has 0 aliphatic heterocycles. The average Bonchev–Trinajstić information content (AvgIpc) is 3.04. The fourth-order valence-electron chi connectivity index (χ4n) is 1.67. The van der Waals surface area contributed by atoms with Gasteiger partial charge < -0.3 is 10.4 Å². The molecule has 0 saturated heterocycles. The Bertz CT molecular complexity index is 433. The van der Waals surface area contributed by atoms with Gasteiger partial charge in [0.15, 0.2) is 0 Å². The number of benzene rings is 1. The van der Waals surface area contributed by atoms with Gasteiger partial charge in [-0.25, -0.2) is 0 Å². The van der Waals surface area contributed by atoms with E-state index in [-0.39, 0.29) is 0 Å². The van der Waals surface area contributed by atoms with Crippen molar-refractivity contribution in [3.63, 3.8) is 0 Å². The molecule has 0 bridgehead atoms. The van der Waals surface area contributed by atoms with Gasteiger partial charge in [0.25, 0.3) is 0 Å². The second kappa shape index (κ2) is 5.25. The minimum atomic E-state index is -0.921. The molecule has 1 atom stereocenters. The van der Waals surface area contributed by atoms with E-state index >= 15 is 0 Å². The van der Waals surface area contributed by atoms with Crippen LogP contribution in [0.25, 0.3) is 0 Å². The third-order valence-electron chi connectivity index (χ3n) is 2.83. The number of carbonyl (C=O) groups is 1.